The molecule has 4 heterocycles. The van der Waals surface area contributed by atoms with Crippen molar-refractivity contribution in [3.63, 3.8) is 0 Å². The number of thiophene rings is 1. The third-order valence-electron chi connectivity index (χ3n) is 8.39. The van der Waals surface area contributed by atoms with Crippen LogP contribution in [0.4, 0.5) is 22.0 Å². The van der Waals surface area contributed by atoms with Crippen LogP contribution in [0.2, 0.25) is 5.02 Å². The maximum atomic E-state index is 14.9. The molecule has 3 atom stereocenters. The van der Waals surface area contributed by atoms with Gasteiger partial charge in [-0.25, -0.2) is 8.78 Å². The highest BCUT2D eigenvalue weighted by atomic mass is 35.5. The van der Waals surface area contributed by atoms with Crippen LogP contribution >= 0.6 is 22.9 Å². The van der Waals surface area contributed by atoms with Gasteiger partial charge >= 0.3 is 6.18 Å². The number of benzene rings is 1. The lowest BCUT2D eigenvalue weighted by molar-refractivity contribution is -0.161. The van der Waals surface area contributed by atoms with Crippen LogP contribution in [0.25, 0.3) is 0 Å². The van der Waals surface area contributed by atoms with Gasteiger partial charge in [0.15, 0.2) is 0 Å². The van der Waals surface area contributed by atoms with Crippen molar-refractivity contribution in [3.05, 3.63) is 80.3 Å². The first kappa shape index (κ1) is 33.6. The van der Waals surface area contributed by atoms with Crippen molar-refractivity contribution in [1.82, 2.24) is 14.8 Å². The number of amides is 2. The third kappa shape index (κ3) is 6.29. The summed E-state index contributed by atoms with van der Waals surface area (Å²) in [5.41, 5.74) is -2.61. The van der Waals surface area contributed by atoms with Crippen LogP contribution in [0.5, 0.6) is 5.75 Å². The molecule has 0 saturated carbocycles. The molecule has 2 aromatic heterocycles. The predicted molar refractivity (Wildman–Crippen MR) is 161 cm³/mol. The van der Waals surface area contributed by atoms with Gasteiger partial charge in [0.25, 0.3) is 17.7 Å². The van der Waals surface area contributed by atoms with Gasteiger partial charge in [-0.3, -0.25) is 14.6 Å². The number of likely N-dealkylation sites (tertiary alicyclic amines) is 1. The van der Waals surface area contributed by atoms with Gasteiger partial charge in [-0.1, -0.05) is 31.0 Å². The van der Waals surface area contributed by atoms with E-state index in [1.54, 1.807) is 25.1 Å². The van der Waals surface area contributed by atoms with Crippen molar-refractivity contribution < 1.29 is 36.3 Å². The quantitative estimate of drug-likeness (QED) is 0.238. The molecule has 1 saturated heterocycles. The van der Waals surface area contributed by atoms with E-state index in [-0.39, 0.29) is 43.0 Å². The predicted octanol–water partition coefficient (Wildman–Crippen LogP) is 7.80. The van der Waals surface area contributed by atoms with E-state index in [0.29, 0.717) is 23.4 Å². The first-order valence-corrected chi connectivity index (χ1v) is 15.9. The molecule has 5 rings (SSSR count). The summed E-state index contributed by atoms with van der Waals surface area (Å²) in [6.45, 7) is 2.60. The van der Waals surface area contributed by atoms with Gasteiger partial charge in [-0.05, 0) is 54.7 Å². The maximum absolute atomic E-state index is 14.9. The van der Waals surface area contributed by atoms with Crippen molar-refractivity contribution in [2.24, 2.45) is 0 Å². The minimum absolute atomic E-state index is 0.000685. The van der Waals surface area contributed by atoms with Crippen LogP contribution in [0.15, 0.2) is 48.0 Å². The highest BCUT2D eigenvalue weighted by molar-refractivity contribution is 7.10. The molecule has 0 radical (unpaired) electrons. The highest BCUT2D eigenvalue weighted by Gasteiger charge is 2.57. The number of alkyl halides is 5. The number of halogens is 6. The lowest BCUT2D eigenvalue weighted by Gasteiger charge is -2.50. The van der Waals surface area contributed by atoms with Gasteiger partial charge < -0.3 is 14.5 Å². The first-order chi connectivity index (χ1) is 21.7. The Morgan fingerprint density at radius 1 is 1.17 bits per heavy atom. The Balaban J connectivity index is 1.63. The Morgan fingerprint density at radius 2 is 1.93 bits per heavy atom. The Bertz CT molecular complexity index is 1670. The van der Waals surface area contributed by atoms with Crippen LogP contribution in [0.3, 0.4) is 0 Å². The first-order valence-electron chi connectivity index (χ1n) is 14.7. The average Bonchev–Trinajstić information content (AvgIpc) is 3.49. The summed E-state index contributed by atoms with van der Waals surface area (Å²) < 4.78 is 76.8. The van der Waals surface area contributed by atoms with Gasteiger partial charge in [0.2, 0.25) is 5.60 Å². The number of pyridine rings is 1. The number of hydrogen-bond donors (Lipinski definition) is 0. The summed E-state index contributed by atoms with van der Waals surface area (Å²) in [5, 5.41) is 12.1. The minimum atomic E-state index is -4.87. The van der Waals surface area contributed by atoms with E-state index in [1.807, 2.05) is 0 Å². The molecule has 0 N–H and O–H groups in total. The van der Waals surface area contributed by atoms with Crippen LogP contribution in [-0.4, -0.2) is 51.3 Å². The summed E-state index contributed by atoms with van der Waals surface area (Å²) in [4.78, 5) is 34.9. The zero-order valence-corrected chi connectivity index (χ0v) is 26.5. The number of carbonyl (C=O) groups excluding carboxylic acids is 2. The lowest BCUT2D eigenvalue weighted by Crippen LogP contribution is -2.68. The number of nitriles is 1. The van der Waals surface area contributed by atoms with Gasteiger partial charge in [0.1, 0.15) is 17.5 Å². The van der Waals surface area contributed by atoms with Crippen LogP contribution in [0, 0.1) is 11.3 Å². The number of aromatic nitrogens is 1. The van der Waals surface area contributed by atoms with E-state index >= 15 is 0 Å². The fourth-order valence-corrected chi connectivity index (χ4v) is 7.30. The van der Waals surface area contributed by atoms with Crippen molar-refractivity contribution in [2.75, 3.05) is 13.1 Å². The fourth-order valence-electron chi connectivity index (χ4n) is 6.35. The number of nitrogens with zero attached hydrogens (tertiary/aromatic N) is 4. The smallest absolute Gasteiger partial charge is 0.418 e. The molecular weight excluding hydrogens is 651 g/mol. The monoisotopic (exact) mass is 680 g/mol. The zero-order chi connectivity index (χ0) is 33.4. The van der Waals surface area contributed by atoms with Crippen LogP contribution in [0.1, 0.15) is 77.6 Å². The molecule has 2 aliphatic heterocycles. The van der Waals surface area contributed by atoms with Crippen molar-refractivity contribution in [3.8, 4) is 11.8 Å². The molecule has 2 amide bonds. The normalized spacial score (nSPS) is 21.8. The average molecular weight is 681 g/mol. The molecule has 0 aliphatic carbocycles. The number of rotatable bonds is 7. The number of carbonyl (C=O) groups is 2. The molecule has 0 spiro atoms. The molecule has 1 fully saturated rings. The Labute approximate surface area is 271 Å². The zero-order valence-electron chi connectivity index (χ0n) is 24.9. The number of hydrogen-bond acceptors (Lipinski definition) is 6. The second kappa shape index (κ2) is 12.8. The molecule has 3 aromatic rings. The standard InChI is InChI=1S/C32H30ClF5N4O3S/c1-3-6-25-31(45-21-16-26(46-18-21)30(2,34)35,29(44)41-14-10-19-15-20(33)8-9-22(19)24(41)17-39)11-5-13-42(25)28(43)27-23(32(36,37)38)7-4-12-40-27/h4,7-9,12,15-16,18,24-25H,3,5-6,10-11,13-14H2,1-2H3/t24?,25-,31+/m1/s1. The molecular formula is C32H30ClF5N4O3S. The Kier molecular flexibility index (Phi) is 9.35. The number of ether oxygens (including phenoxy) is 1. The van der Waals surface area contributed by atoms with Crippen molar-refractivity contribution in [1.29, 1.82) is 5.26 Å². The van der Waals surface area contributed by atoms with E-state index in [0.717, 1.165) is 48.2 Å². The minimum Gasteiger partial charge on any atom is -0.474 e. The van der Waals surface area contributed by atoms with E-state index in [9.17, 15) is 36.8 Å². The van der Waals surface area contributed by atoms with E-state index < -0.39 is 52.9 Å². The lowest BCUT2D eigenvalue weighted by atomic mass is 9.79. The van der Waals surface area contributed by atoms with E-state index in [2.05, 4.69) is 11.1 Å². The summed E-state index contributed by atoms with van der Waals surface area (Å²) in [7, 11) is 0. The third-order valence-corrected chi connectivity index (χ3v) is 9.70. The molecule has 7 nitrogen and oxygen atoms in total. The molecule has 1 aromatic carbocycles. The number of fused-ring (bicyclic) bond motifs is 1. The van der Waals surface area contributed by atoms with Gasteiger partial charge in [0, 0.05) is 49.1 Å². The summed E-state index contributed by atoms with van der Waals surface area (Å²) in [5.74, 6) is -4.94. The summed E-state index contributed by atoms with van der Waals surface area (Å²) in [6.07, 6.45) is -2.75. The van der Waals surface area contributed by atoms with E-state index in [1.165, 1.54) is 15.2 Å². The molecule has 0 bridgehead atoms. The largest absolute Gasteiger partial charge is 0.474 e. The van der Waals surface area contributed by atoms with Gasteiger partial charge in [-0.15, -0.1) is 11.3 Å². The number of piperidine rings is 1. The van der Waals surface area contributed by atoms with Crippen LogP contribution < -0.4 is 4.74 Å². The fraction of sp³-hybridized carbons (Fsp3) is 0.438. The second-order valence-electron chi connectivity index (χ2n) is 11.5. The molecule has 244 valence electrons. The van der Waals surface area contributed by atoms with Crippen molar-refractivity contribution in [2.45, 2.75) is 75.7 Å². The molecule has 46 heavy (non-hydrogen) atoms. The van der Waals surface area contributed by atoms with Gasteiger partial charge in [-0.2, -0.15) is 18.4 Å². The summed E-state index contributed by atoms with van der Waals surface area (Å²) in [6, 6.07) is 7.95. The van der Waals surface area contributed by atoms with Crippen molar-refractivity contribution >= 4 is 34.8 Å². The topological polar surface area (TPSA) is 86.5 Å². The molecule has 2 aliphatic rings. The van der Waals surface area contributed by atoms with Crippen LogP contribution in [-0.2, 0) is 23.3 Å². The Hall–Kier alpha value is -3.76. The van der Waals surface area contributed by atoms with E-state index in [4.69, 9.17) is 16.3 Å². The van der Waals surface area contributed by atoms with Gasteiger partial charge in [0.05, 0.1) is 22.6 Å². The Morgan fingerprint density at radius 3 is 2.59 bits per heavy atom. The maximum Gasteiger partial charge on any atom is 0.418 e. The summed E-state index contributed by atoms with van der Waals surface area (Å²) >= 11 is 6.91. The SMILES string of the molecule is CCC[C@H]1N(C(=O)c2ncccc2C(F)(F)F)CCC[C@@]1(Oc1csc(C(C)(F)F)c1)C(=O)N1CCc2cc(Cl)ccc2C1C#N. The molecule has 14 heteroatoms. The molecule has 1 unspecified atom stereocenters. The highest BCUT2D eigenvalue weighted by Crippen LogP contribution is 2.44. The second-order valence-corrected chi connectivity index (χ2v) is 12.8.